The van der Waals surface area contributed by atoms with Crippen LogP contribution in [0.5, 0.6) is 0 Å². The molecule has 0 aliphatic carbocycles. The van der Waals surface area contributed by atoms with Gasteiger partial charge in [0.25, 0.3) is 5.91 Å². The van der Waals surface area contributed by atoms with Gasteiger partial charge in [0, 0.05) is 4.70 Å². The van der Waals surface area contributed by atoms with Crippen LogP contribution in [0.15, 0.2) is 29.6 Å². The number of hydrogen-bond acceptors (Lipinski definition) is 3. The molecule has 1 aromatic heterocycles. The molecule has 1 amide bonds. The van der Waals surface area contributed by atoms with Crippen molar-refractivity contribution in [2.45, 2.75) is 0 Å². The van der Waals surface area contributed by atoms with E-state index in [2.05, 4.69) is 5.43 Å². The smallest absolute Gasteiger partial charge is 0.266 e. The third-order valence-electron chi connectivity index (χ3n) is 1.85. The molecule has 2 aromatic rings. The first-order valence-electron chi connectivity index (χ1n) is 3.80. The molecule has 1 heterocycles. The Bertz CT molecular complexity index is 450. The van der Waals surface area contributed by atoms with Crippen LogP contribution in [0.25, 0.3) is 10.1 Å². The fourth-order valence-electron chi connectivity index (χ4n) is 1.25. The van der Waals surface area contributed by atoms with Crippen molar-refractivity contribution in [3.63, 3.8) is 0 Å². The van der Waals surface area contributed by atoms with Gasteiger partial charge in [0.15, 0.2) is 0 Å². The highest BCUT2D eigenvalue weighted by Crippen LogP contribution is 2.24. The van der Waals surface area contributed by atoms with Gasteiger partial charge < -0.3 is 0 Å². The summed E-state index contributed by atoms with van der Waals surface area (Å²) >= 11 is 1.54. The second-order valence-electron chi connectivity index (χ2n) is 2.62. The summed E-state index contributed by atoms with van der Waals surface area (Å²) in [6, 6.07) is 7.56. The van der Waals surface area contributed by atoms with E-state index in [0.717, 1.165) is 10.1 Å². The van der Waals surface area contributed by atoms with Crippen molar-refractivity contribution < 1.29 is 4.79 Å². The molecule has 0 fully saturated rings. The van der Waals surface area contributed by atoms with Gasteiger partial charge in [0.1, 0.15) is 0 Å². The van der Waals surface area contributed by atoms with E-state index < -0.39 is 0 Å². The number of thiophene rings is 1. The van der Waals surface area contributed by atoms with E-state index >= 15 is 0 Å². The summed E-state index contributed by atoms with van der Waals surface area (Å²) in [5.74, 6) is 4.83. The molecule has 0 radical (unpaired) electrons. The van der Waals surface area contributed by atoms with Crippen LogP contribution in [0.1, 0.15) is 10.4 Å². The number of fused-ring (bicyclic) bond motifs is 1. The zero-order chi connectivity index (χ0) is 9.26. The zero-order valence-electron chi connectivity index (χ0n) is 6.78. The molecule has 13 heavy (non-hydrogen) atoms. The van der Waals surface area contributed by atoms with Gasteiger partial charge in [-0.3, -0.25) is 10.2 Å². The summed E-state index contributed by atoms with van der Waals surface area (Å²) in [5, 5.41) is 3.03. The molecule has 4 heteroatoms. The molecule has 0 aliphatic heterocycles. The Labute approximate surface area is 79.1 Å². The molecular formula is C9H8N2OS. The molecule has 0 aliphatic rings. The lowest BCUT2D eigenvalue weighted by Gasteiger charge is -1.99. The largest absolute Gasteiger partial charge is 0.290 e. The number of hydrogen-bond donors (Lipinski definition) is 2. The van der Waals surface area contributed by atoms with Crippen molar-refractivity contribution >= 4 is 27.3 Å². The number of amides is 1. The Morgan fingerprint density at radius 3 is 3.00 bits per heavy atom. The highest BCUT2D eigenvalue weighted by atomic mass is 32.1. The summed E-state index contributed by atoms with van der Waals surface area (Å²) in [5.41, 5.74) is 2.77. The first kappa shape index (κ1) is 8.22. The van der Waals surface area contributed by atoms with Gasteiger partial charge in [0.2, 0.25) is 0 Å². The predicted octanol–water partition coefficient (Wildman–Crippen LogP) is 1.50. The summed E-state index contributed by atoms with van der Waals surface area (Å²) in [4.78, 5) is 11.3. The maximum absolute atomic E-state index is 11.3. The second kappa shape index (κ2) is 3.16. The van der Waals surface area contributed by atoms with E-state index in [0.29, 0.717) is 5.56 Å². The summed E-state index contributed by atoms with van der Waals surface area (Å²) < 4.78 is 0.977. The van der Waals surface area contributed by atoms with Crippen LogP contribution < -0.4 is 11.3 Å². The van der Waals surface area contributed by atoms with E-state index in [1.54, 1.807) is 17.4 Å². The molecule has 0 unspecified atom stereocenters. The lowest BCUT2D eigenvalue weighted by Crippen LogP contribution is -2.29. The van der Waals surface area contributed by atoms with Crippen LogP contribution in [0.2, 0.25) is 0 Å². The van der Waals surface area contributed by atoms with Gasteiger partial charge in [-0.15, -0.1) is 11.3 Å². The fraction of sp³-hybridized carbons (Fsp3) is 0. The van der Waals surface area contributed by atoms with Crippen molar-refractivity contribution in [3.8, 4) is 0 Å². The number of carbonyl (C=O) groups excluding carboxylic acids is 1. The van der Waals surface area contributed by atoms with Crippen LogP contribution >= 0.6 is 11.3 Å². The molecule has 0 spiro atoms. The summed E-state index contributed by atoms with van der Waals surface area (Å²) in [6.45, 7) is 0. The minimum atomic E-state index is -0.243. The Balaban J connectivity index is 2.67. The second-order valence-corrected chi connectivity index (χ2v) is 3.53. The molecule has 3 nitrogen and oxygen atoms in total. The number of hydrazine groups is 1. The molecule has 66 valence electrons. The average molecular weight is 192 g/mol. The van der Waals surface area contributed by atoms with E-state index in [1.807, 2.05) is 23.6 Å². The number of carbonyl (C=O) groups is 1. The van der Waals surface area contributed by atoms with Crippen LogP contribution in [0.4, 0.5) is 0 Å². The molecule has 0 saturated carbocycles. The molecule has 3 N–H and O–H groups in total. The quantitative estimate of drug-likeness (QED) is 0.409. The lowest BCUT2D eigenvalue weighted by atomic mass is 10.1. The van der Waals surface area contributed by atoms with Gasteiger partial charge in [-0.25, -0.2) is 5.84 Å². The summed E-state index contributed by atoms with van der Waals surface area (Å²) in [7, 11) is 0. The van der Waals surface area contributed by atoms with E-state index in [1.165, 1.54) is 0 Å². The van der Waals surface area contributed by atoms with Crippen molar-refractivity contribution in [2.75, 3.05) is 0 Å². The SMILES string of the molecule is NNC(=O)c1cccc2ccsc12. The maximum Gasteiger partial charge on any atom is 0.266 e. The standard InChI is InChI=1S/C9H8N2OS/c10-11-9(12)7-3-1-2-6-4-5-13-8(6)7/h1-5H,10H2,(H,11,12). The Hall–Kier alpha value is -1.39. The number of nitrogens with one attached hydrogen (secondary N) is 1. The van der Waals surface area contributed by atoms with Crippen LogP contribution in [0, 0.1) is 0 Å². The Kier molecular flexibility index (Phi) is 2.00. The van der Waals surface area contributed by atoms with Crippen molar-refractivity contribution in [1.29, 1.82) is 0 Å². The molecule has 1 aromatic carbocycles. The molecule has 2 rings (SSSR count). The Morgan fingerprint density at radius 2 is 2.23 bits per heavy atom. The third-order valence-corrected chi connectivity index (χ3v) is 2.82. The highest BCUT2D eigenvalue weighted by molar-refractivity contribution is 7.17. The van der Waals surface area contributed by atoms with Crippen molar-refractivity contribution in [3.05, 3.63) is 35.2 Å². The summed E-state index contributed by atoms with van der Waals surface area (Å²) in [6.07, 6.45) is 0. The number of benzene rings is 1. The third kappa shape index (κ3) is 1.30. The van der Waals surface area contributed by atoms with Crippen molar-refractivity contribution in [2.24, 2.45) is 5.84 Å². The van der Waals surface area contributed by atoms with E-state index in [-0.39, 0.29) is 5.91 Å². The fourth-order valence-corrected chi connectivity index (χ4v) is 2.16. The molecule has 0 bridgehead atoms. The maximum atomic E-state index is 11.3. The molecule has 0 saturated heterocycles. The monoisotopic (exact) mass is 192 g/mol. The number of nitrogen functional groups attached to an aromatic ring is 1. The van der Waals surface area contributed by atoms with Gasteiger partial charge in [-0.05, 0) is 22.9 Å². The minimum Gasteiger partial charge on any atom is -0.290 e. The average Bonchev–Trinajstić information content (AvgIpc) is 2.63. The lowest BCUT2D eigenvalue weighted by molar-refractivity contribution is 0.0955. The Morgan fingerprint density at radius 1 is 1.38 bits per heavy atom. The van der Waals surface area contributed by atoms with Gasteiger partial charge in [-0.2, -0.15) is 0 Å². The van der Waals surface area contributed by atoms with Crippen LogP contribution in [-0.2, 0) is 0 Å². The first-order chi connectivity index (χ1) is 6.33. The molecule has 0 atom stereocenters. The minimum absolute atomic E-state index is 0.243. The van der Waals surface area contributed by atoms with Gasteiger partial charge in [-0.1, -0.05) is 12.1 Å². The topological polar surface area (TPSA) is 55.1 Å². The van der Waals surface area contributed by atoms with Crippen molar-refractivity contribution in [1.82, 2.24) is 5.43 Å². The first-order valence-corrected chi connectivity index (χ1v) is 4.68. The van der Waals surface area contributed by atoms with Gasteiger partial charge in [0.05, 0.1) is 5.56 Å². The van der Waals surface area contributed by atoms with Crippen LogP contribution in [0.3, 0.4) is 0 Å². The van der Waals surface area contributed by atoms with E-state index in [9.17, 15) is 4.79 Å². The van der Waals surface area contributed by atoms with E-state index in [4.69, 9.17) is 5.84 Å². The number of rotatable bonds is 1. The zero-order valence-corrected chi connectivity index (χ0v) is 7.60. The normalized spacial score (nSPS) is 10.2. The predicted molar refractivity (Wildman–Crippen MR) is 53.5 cm³/mol. The van der Waals surface area contributed by atoms with Crippen LogP contribution in [-0.4, -0.2) is 5.91 Å². The molecular weight excluding hydrogens is 184 g/mol. The highest BCUT2D eigenvalue weighted by Gasteiger charge is 2.08. The van der Waals surface area contributed by atoms with Gasteiger partial charge >= 0.3 is 0 Å². The number of nitrogens with two attached hydrogens (primary N) is 1.